The van der Waals surface area contributed by atoms with Gasteiger partial charge in [0.15, 0.2) is 0 Å². The van der Waals surface area contributed by atoms with Crippen LogP contribution in [0.25, 0.3) is 0 Å². The topological polar surface area (TPSA) is 111 Å². The molecule has 0 radical (unpaired) electrons. The predicted octanol–water partition coefficient (Wildman–Crippen LogP) is 3.14. The third kappa shape index (κ3) is 5.38. The molecule has 9 heteroatoms. The van der Waals surface area contributed by atoms with Crippen molar-refractivity contribution in [2.75, 3.05) is 41.7 Å². The number of carboxylic acid groups (broad SMARTS) is 1. The Morgan fingerprint density at radius 2 is 1.50 bits per heavy atom. The molecule has 0 atom stereocenters. The van der Waals surface area contributed by atoms with Crippen LogP contribution in [0.2, 0.25) is 0 Å². The fourth-order valence-electron chi connectivity index (χ4n) is 3.58. The highest BCUT2D eigenvalue weighted by molar-refractivity contribution is 6.05. The number of amides is 2. The number of hydrogen-bond acceptors (Lipinski definition) is 6. The number of aromatic nitrogens is 2. The summed E-state index contributed by atoms with van der Waals surface area (Å²) >= 11 is 0. The highest BCUT2D eigenvalue weighted by Gasteiger charge is 2.19. The van der Waals surface area contributed by atoms with E-state index in [-0.39, 0.29) is 11.4 Å². The summed E-state index contributed by atoms with van der Waals surface area (Å²) < 4.78 is 0. The lowest BCUT2D eigenvalue weighted by atomic mass is 10.2. The Morgan fingerprint density at radius 3 is 2.12 bits per heavy atom. The fraction of sp³-hybridized carbons (Fsp3) is 0.217. The van der Waals surface area contributed by atoms with Crippen LogP contribution >= 0.6 is 0 Å². The van der Waals surface area contributed by atoms with Gasteiger partial charge < -0.3 is 15.3 Å². The number of hydrogen-bond donors (Lipinski definition) is 3. The van der Waals surface area contributed by atoms with E-state index in [0.29, 0.717) is 5.69 Å². The van der Waals surface area contributed by atoms with Crippen LogP contribution < -0.4 is 15.5 Å². The van der Waals surface area contributed by atoms with Crippen molar-refractivity contribution in [2.24, 2.45) is 0 Å². The number of nitrogens with zero attached hydrogens (tertiary/aromatic N) is 4. The van der Waals surface area contributed by atoms with Gasteiger partial charge in [-0.15, -0.1) is 0 Å². The molecule has 1 aliphatic rings. The Bertz CT molecular complexity index is 1070. The minimum atomic E-state index is -1.21. The van der Waals surface area contributed by atoms with E-state index in [2.05, 4.69) is 54.7 Å². The average molecular weight is 432 g/mol. The molecule has 3 aromatic rings. The molecule has 4 rings (SSSR count). The van der Waals surface area contributed by atoms with Gasteiger partial charge in [-0.3, -0.25) is 15.0 Å². The van der Waals surface area contributed by atoms with Gasteiger partial charge >= 0.3 is 6.09 Å². The zero-order valence-corrected chi connectivity index (χ0v) is 17.4. The summed E-state index contributed by atoms with van der Waals surface area (Å²) in [4.78, 5) is 36.7. The van der Waals surface area contributed by atoms with Crippen LogP contribution in [0.5, 0.6) is 0 Å². The van der Waals surface area contributed by atoms with Crippen molar-refractivity contribution in [3.05, 3.63) is 78.2 Å². The zero-order chi connectivity index (χ0) is 22.3. The molecule has 0 saturated carbocycles. The standard InChI is InChI=1S/C23H24N6O3/c30-22(26-18-8-4-5-9-19(18)27-23(31)32)20-14-25-21(15-24-20)29-12-10-28(11-13-29)16-17-6-2-1-3-7-17/h1-9,14-15,27H,10-13,16H2,(H,26,30)(H,31,32). The molecule has 3 N–H and O–H groups in total. The summed E-state index contributed by atoms with van der Waals surface area (Å²) in [5, 5.41) is 13.9. The first-order valence-electron chi connectivity index (χ1n) is 10.3. The van der Waals surface area contributed by atoms with Crippen molar-refractivity contribution in [1.82, 2.24) is 14.9 Å². The Balaban J connectivity index is 1.34. The summed E-state index contributed by atoms with van der Waals surface area (Å²) in [5.41, 5.74) is 2.09. The third-order valence-corrected chi connectivity index (χ3v) is 5.23. The quantitative estimate of drug-likeness (QED) is 0.549. The molecule has 164 valence electrons. The Morgan fingerprint density at radius 1 is 0.844 bits per heavy atom. The van der Waals surface area contributed by atoms with Crippen LogP contribution in [-0.2, 0) is 6.54 Å². The molecule has 0 unspecified atom stereocenters. The highest BCUT2D eigenvalue weighted by atomic mass is 16.4. The Kier molecular flexibility index (Phi) is 6.57. The van der Waals surface area contributed by atoms with Gasteiger partial charge in [0.25, 0.3) is 5.91 Å². The highest BCUT2D eigenvalue weighted by Crippen LogP contribution is 2.21. The zero-order valence-electron chi connectivity index (χ0n) is 17.4. The van der Waals surface area contributed by atoms with E-state index in [1.54, 1.807) is 30.5 Å². The maximum atomic E-state index is 12.5. The molecule has 1 aromatic heterocycles. The maximum Gasteiger partial charge on any atom is 0.409 e. The van der Waals surface area contributed by atoms with Gasteiger partial charge in [0, 0.05) is 32.7 Å². The van der Waals surface area contributed by atoms with E-state index in [9.17, 15) is 9.59 Å². The molecule has 2 aromatic carbocycles. The molecular weight excluding hydrogens is 408 g/mol. The minimum absolute atomic E-state index is 0.154. The van der Waals surface area contributed by atoms with Crippen LogP contribution in [0.4, 0.5) is 22.0 Å². The van der Waals surface area contributed by atoms with E-state index in [1.165, 1.54) is 11.8 Å². The first-order valence-corrected chi connectivity index (χ1v) is 10.3. The lowest BCUT2D eigenvalue weighted by molar-refractivity contribution is 0.102. The van der Waals surface area contributed by atoms with Gasteiger partial charge in [0.1, 0.15) is 11.5 Å². The van der Waals surface area contributed by atoms with Crippen LogP contribution in [0, 0.1) is 0 Å². The number of para-hydroxylation sites is 2. The first-order chi connectivity index (χ1) is 15.6. The van der Waals surface area contributed by atoms with Gasteiger partial charge in [0.2, 0.25) is 0 Å². The largest absolute Gasteiger partial charge is 0.465 e. The van der Waals surface area contributed by atoms with Crippen molar-refractivity contribution in [1.29, 1.82) is 0 Å². The second kappa shape index (κ2) is 9.88. The van der Waals surface area contributed by atoms with Gasteiger partial charge in [-0.2, -0.15) is 0 Å². The second-order valence-electron chi connectivity index (χ2n) is 7.44. The second-order valence-corrected chi connectivity index (χ2v) is 7.44. The van der Waals surface area contributed by atoms with E-state index in [0.717, 1.165) is 38.5 Å². The molecule has 1 aliphatic heterocycles. The summed E-state index contributed by atoms with van der Waals surface area (Å²) in [7, 11) is 0. The number of piperazine rings is 1. The lowest BCUT2D eigenvalue weighted by Gasteiger charge is -2.35. The third-order valence-electron chi connectivity index (χ3n) is 5.23. The Labute approximate surface area is 185 Å². The molecule has 1 fully saturated rings. The molecule has 0 aliphatic carbocycles. The van der Waals surface area contributed by atoms with Crippen LogP contribution in [0.1, 0.15) is 16.1 Å². The minimum Gasteiger partial charge on any atom is -0.465 e. The van der Waals surface area contributed by atoms with Crippen LogP contribution in [0.3, 0.4) is 0 Å². The smallest absolute Gasteiger partial charge is 0.409 e. The molecule has 0 bridgehead atoms. The normalized spacial score (nSPS) is 14.1. The summed E-state index contributed by atoms with van der Waals surface area (Å²) in [6.45, 7) is 4.44. The van der Waals surface area contributed by atoms with E-state index < -0.39 is 12.0 Å². The van der Waals surface area contributed by atoms with Crippen molar-refractivity contribution < 1.29 is 14.7 Å². The van der Waals surface area contributed by atoms with Gasteiger partial charge in [-0.25, -0.2) is 14.8 Å². The molecular formula is C23H24N6O3. The molecule has 0 spiro atoms. The molecule has 1 saturated heterocycles. The predicted molar refractivity (Wildman–Crippen MR) is 122 cm³/mol. The number of rotatable bonds is 6. The number of benzene rings is 2. The van der Waals surface area contributed by atoms with Crippen molar-refractivity contribution in [2.45, 2.75) is 6.54 Å². The van der Waals surface area contributed by atoms with Gasteiger partial charge in [-0.05, 0) is 17.7 Å². The summed E-state index contributed by atoms with van der Waals surface area (Å²) in [5.74, 6) is 0.269. The fourth-order valence-corrected chi connectivity index (χ4v) is 3.58. The molecule has 2 heterocycles. The Hall–Kier alpha value is -3.98. The van der Waals surface area contributed by atoms with Gasteiger partial charge in [0.05, 0.1) is 23.8 Å². The van der Waals surface area contributed by atoms with E-state index in [1.807, 2.05) is 6.07 Å². The van der Waals surface area contributed by atoms with Crippen LogP contribution in [-0.4, -0.2) is 58.2 Å². The molecule has 32 heavy (non-hydrogen) atoms. The van der Waals surface area contributed by atoms with Crippen LogP contribution in [0.15, 0.2) is 67.0 Å². The van der Waals surface area contributed by atoms with Gasteiger partial charge in [-0.1, -0.05) is 42.5 Å². The molecule has 9 nitrogen and oxygen atoms in total. The van der Waals surface area contributed by atoms with E-state index in [4.69, 9.17) is 5.11 Å². The maximum absolute atomic E-state index is 12.5. The first kappa shape index (κ1) is 21.3. The SMILES string of the molecule is O=C(O)Nc1ccccc1NC(=O)c1cnc(N2CCN(Cc3ccccc3)CC2)cn1. The average Bonchev–Trinajstić information content (AvgIpc) is 2.81. The summed E-state index contributed by atoms with van der Waals surface area (Å²) in [6, 6.07) is 17.0. The number of carbonyl (C=O) groups excluding carboxylic acids is 1. The van der Waals surface area contributed by atoms with Crippen molar-refractivity contribution in [3.8, 4) is 0 Å². The van der Waals surface area contributed by atoms with Crippen molar-refractivity contribution in [3.63, 3.8) is 0 Å². The monoisotopic (exact) mass is 432 g/mol. The number of nitrogens with one attached hydrogen (secondary N) is 2. The number of carbonyl (C=O) groups is 2. The van der Waals surface area contributed by atoms with Crippen molar-refractivity contribution >= 4 is 29.2 Å². The molecule has 2 amide bonds. The lowest BCUT2D eigenvalue weighted by Crippen LogP contribution is -2.46. The summed E-state index contributed by atoms with van der Waals surface area (Å²) in [6.07, 6.45) is 1.83. The van der Waals surface area contributed by atoms with E-state index >= 15 is 0 Å². The number of anilines is 3.